The zero-order chi connectivity index (χ0) is 15.0. The van der Waals surface area contributed by atoms with E-state index in [1.54, 1.807) is 12.3 Å². The zero-order valence-corrected chi connectivity index (χ0v) is 13.5. The van der Waals surface area contributed by atoms with Crippen molar-refractivity contribution in [2.24, 2.45) is 11.8 Å². The molecular formula is C15H25N3O2S. The lowest BCUT2D eigenvalue weighted by molar-refractivity contribution is 0.471. The minimum atomic E-state index is -3.40. The third kappa shape index (κ3) is 3.87. The van der Waals surface area contributed by atoms with Crippen LogP contribution in [0.1, 0.15) is 45.2 Å². The van der Waals surface area contributed by atoms with E-state index in [0.717, 1.165) is 5.69 Å². The first-order valence-electron chi connectivity index (χ1n) is 7.89. The molecule has 0 spiro atoms. The molecule has 2 saturated carbocycles. The Hall–Kier alpha value is -0.850. The Bertz CT molecular complexity index is 574. The molecule has 3 N–H and O–H groups in total. The summed E-state index contributed by atoms with van der Waals surface area (Å²) in [6.07, 6.45) is 6.26. The molecule has 5 nitrogen and oxygen atoms in total. The molecule has 0 atom stereocenters. The first kappa shape index (κ1) is 15.1. The van der Waals surface area contributed by atoms with Crippen molar-refractivity contribution in [3.8, 4) is 0 Å². The van der Waals surface area contributed by atoms with Gasteiger partial charge in [-0.3, -0.25) is 0 Å². The fourth-order valence-electron chi connectivity index (χ4n) is 2.73. The van der Waals surface area contributed by atoms with Gasteiger partial charge in [-0.05, 0) is 43.6 Å². The Kier molecular flexibility index (Phi) is 4.12. The fraction of sp³-hybridized carbons (Fsp3) is 0.733. The highest BCUT2D eigenvalue weighted by molar-refractivity contribution is 7.89. The molecule has 0 bridgehead atoms. The predicted octanol–water partition coefficient (Wildman–Crippen LogP) is 1.98. The van der Waals surface area contributed by atoms with Gasteiger partial charge in [0, 0.05) is 30.5 Å². The Balaban J connectivity index is 1.66. The normalized spacial score (nSPS) is 19.6. The van der Waals surface area contributed by atoms with Crippen LogP contribution in [0.3, 0.4) is 0 Å². The third-order valence-electron chi connectivity index (χ3n) is 4.28. The number of sulfonamides is 1. The molecule has 0 amide bonds. The molecule has 1 aromatic rings. The van der Waals surface area contributed by atoms with Crippen LogP contribution in [0.15, 0.2) is 17.2 Å². The number of aromatic amines is 1. The SMILES string of the molecule is CC(C)NCc1cc(S(=O)(=O)NC(C2CC2)C2CC2)c[nH]1. The second kappa shape index (κ2) is 5.74. The number of H-pyrrole nitrogens is 1. The van der Waals surface area contributed by atoms with Gasteiger partial charge in [-0.2, -0.15) is 0 Å². The predicted molar refractivity (Wildman–Crippen MR) is 82.3 cm³/mol. The molecular weight excluding hydrogens is 286 g/mol. The lowest BCUT2D eigenvalue weighted by atomic mass is 10.1. The Labute approximate surface area is 127 Å². The van der Waals surface area contributed by atoms with Crippen molar-refractivity contribution in [2.75, 3.05) is 0 Å². The van der Waals surface area contributed by atoms with Crippen LogP contribution in [-0.2, 0) is 16.6 Å². The molecule has 1 aromatic heterocycles. The average Bonchev–Trinajstić information content (AvgIpc) is 3.32. The molecule has 6 heteroatoms. The van der Waals surface area contributed by atoms with Crippen LogP contribution >= 0.6 is 0 Å². The molecule has 21 heavy (non-hydrogen) atoms. The van der Waals surface area contributed by atoms with Gasteiger partial charge in [0.05, 0.1) is 4.90 Å². The Morgan fingerprint density at radius 2 is 1.86 bits per heavy atom. The van der Waals surface area contributed by atoms with E-state index in [1.165, 1.54) is 25.7 Å². The van der Waals surface area contributed by atoms with Gasteiger partial charge in [0.1, 0.15) is 0 Å². The average molecular weight is 311 g/mol. The van der Waals surface area contributed by atoms with E-state index >= 15 is 0 Å². The highest BCUT2D eigenvalue weighted by Gasteiger charge is 2.43. The fourth-order valence-corrected chi connectivity index (χ4v) is 4.12. The van der Waals surface area contributed by atoms with Crippen molar-refractivity contribution < 1.29 is 8.42 Å². The summed E-state index contributed by atoms with van der Waals surface area (Å²) in [5.41, 5.74) is 0.901. The summed E-state index contributed by atoms with van der Waals surface area (Å²) >= 11 is 0. The van der Waals surface area contributed by atoms with E-state index in [9.17, 15) is 8.42 Å². The van der Waals surface area contributed by atoms with Crippen LogP contribution in [0, 0.1) is 11.8 Å². The van der Waals surface area contributed by atoms with E-state index in [0.29, 0.717) is 29.3 Å². The summed E-state index contributed by atoms with van der Waals surface area (Å²) in [5, 5.41) is 3.28. The summed E-state index contributed by atoms with van der Waals surface area (Å²) in [7, 11) is -3.40. The van der Waals surface area contributed by atoms with Crippen molar-refractivity contribution >= 4 is 10.0 Å². The second-order valence-corrected chi connectivity index (χ2v) is 8.43. The van der Waals surface area contributed by atoms with E-state index in [1.807, 2.05) is 0 Å². The van der Waals surface area contributed by atoms with Gasteiger partial charge in [-0.25, -0.2) is 13.1 Å². The molecule has 2 aliphatic rings. The number of hydrogen-bond donors (Lipinski definition) is 3. The standard InChI is InChI=1S/C15H25N3O2S/c1-10(2)16-8-13-7-14(9-17-13)21(19,20)18-15(11-3-4-11)12-5-6-12/h7,9-12,15-18H,3-6,8H2,1-2H3. The minimum Gasteiger partial charge on any atom is -0.363 e. The smallest absolute Gasteiger partial charge is 0.242 e. The Morgan fingerprint density at radius 3 is 2.38 bits per heavy atom. The molecule has 0 unspecified atom stereocenters. The molecule has 2 aliphatic carbocycles. The van der Waals surface area contributed by atoms with Crippen molar-refractivity contribution in [2.45, 2.75) is 63.1 Å². The molecule has 0 aliphatic heterocycles. The van der Waals surface area contributed by atoms with Crippen LogP contribution in [0.5, 0.6) is 0 Å². The van der Waals surface area contributed by atoms with Crippen LogP contribution in [0.2, 0.25) is 0 Å². The van der Waals surface area contributed by atoms with E-state index in [2.05, 4.69) is 28.9 Å². The lowest BCUT2D eigenvalue weighted by Gasteiger charge is -2.16. The Morgan fingerprint density at radius 1 is 1.24 bits per heavy atom. The molecule has 0 aromatic carbocycles. The van der Waals surface area contributed by atoms with Crippen molar-refractivity contribution in [3.63, 3.8) is 0 Å². The van der Waals surface area contributed by atoms with E-state index in [-0.39, 0.29) is 6.04 Å². The van der Waals surface area contributed by atoms with Gasteiger partial charge in [0.15, 0.2) is 0 Å². The van der Waals surface area contributed by atoms with Crippen LogP contribution in [-0.4, -0.2) is 25.5 Å². The van der Waals surface area contributed by atoms with E-state index in [4.69, 9.17) is 0 Å². The quantitative estimate of drug-likeness (QED) is 0.687. The van der Waals surface area contributed by atoms with Gasteiger partial charge in [0.25, 0.3) is 0 Å². The number of aromatic nitrogens is 1. The molecule has 0 saturated heterocycles. The maximum atomic E-state index is 12.5. The lowest BCUT2D eigenvalue weighted by Crippen LogP contribution is -2.37. The van der Waals surface area contributed by atoms with Gasteiger partial charge >= 0.3 is 0 Å². The first-order valence-corrected chi connectivity index (χ1v) is 9.37. The largest absolute Gasteiger partial charge is 0.363 e. The molecule has 3 rings (SSSR count). The molecule has 118 valence electrons. The highest BCUT2D eigenvalue weighted by Crippen LogP contribution is 2.45. The van der Waals surface area contributed by atoms with Crippen LogP contribution in [0.4, 0.5) is 0 Å². The monoisotopic (exact) mass is 311 g/mol. The third-order valence-corrected chi connectivity index (χ3v) is 5.72. The van der Waals surface area contributed by atoms with Crippen molar-refractivity contribution in [1.82, 2.24) is 15.0 Å². The van der Waals surface area contributed by atoms with Crippen LogP contribution < -0.4 is 10.0 Å². The van der Waals surface area contributed by atoms with Crippen molar-refractivity contribution in [3.05, 3.63) is 18.0 Å². The topological polar surface area (TPSA) is 74.0 Å². The summed E-state index contributed by atoms with van der Waals surface area (Å²) < 4.78 is 28.0. The number of nitrogens with one attached hydrogen (secondary N) is 3. The second-order valence-electron chi connectivity index (χ2n) is 6.72. The highest BCUT2D eigenvalue weighted by atomic mass is 32.2. The maximum Gasteiger partial charge on any atom is 0.242 e. The number of rotatable bonds is 8. The maximum absolute atomic E-state index is 12.5. The minimum absolute atomic E-state index is 0.155. The summed E-state index contributed by atoms with van der Waals surface area (Å²) in [6, 6.07) is 2.26. The van der Waals surface area contributed by atoms with E-state index < -0.39 is 10.0 Å². The first-order chi connectivity index (χ1) is 9.95. The number of hydrogen-bond acceptors (Lipinski definition) is 3. The summed E-state index contributed by atoms with van der Waals surface area (Å²) in [6.45, 7) is 4.79. The molecule has 1 heterocycles. The van der Waals surface area contributed by atoms with Crippen molar-refractivity contribution in [1.29, 1.82) is 0 Å². The molecule has 0 radical (unpaired) electrons. The van der Waals surface area contributed by atoms with Gasteiger partial charge in [-0.1, -0.05) is 13.8 Å². The molecule has 2 fully saturated rings. The van der Waals surface area contributed by atoms with Gasteiger partial charge < -0.3 is 10.3 Å². The van der Waals surface area contributed by atoms with Gasteiger partial charge in [-0.15, -0.1) is 0 Å². The summed E-state index contributed by atoms with van der Waals surface area (Å²) in [4.78, 5) is 3.40. The summed E-state index contributed by atoms with van der Waals surface area (Å²) in [5.74, 6) is 1.13. The van der Waals surface area contributed by atoms with Gasteiger partial charge in [0.2, 0.25) is 10.0 Å². The van der Waals surface area contributed by atoms with Crippen LogP contribution in [0.25, 0.3) is 0 Å². The zero-order valence-electron chi connectivity index (χ0n) is 12.7.